The van der Waals surface area contributed by atoms with Crippen LogP contribution in [0.5, 0.6) is 0 Å². The summed E-state index contributed by atoms with van der Waals surface area (Å²) < 4.78 is 37.5. The van der Waals surface area contributed by atoms with Crippen LogP contribution >= 0.6 is 0 Å². The van der Waals surface area contributed by atoms with Gasteiger partial charge in [-0.05, 0) is 12.1 Å². The van der Waals surface area contributed by atoms with E-state index in [1.807, 2.05) is 0 Å². The summed E-state index contributed by atoms with van der Waals surface area (Å²) in [6.07, 6.45) is -4.89. The number of benzene rings is 1. The lowest BCUT2D eigenvalue weighted by Crippen LogP contribution is -2.16. The Morgan fingerprint density at radius 1 is 1.47 bits per heavy atom. The van der Waals surface area contributed by atoms with Crippen LogP contribution in [0.2, 0.25) is 0 Å². The van der Waals surface area contributed by atoms with Gasteiger partial charge in [0.05, 0.1) is 4.92 Å². The number of hydrogen-bond donors (Lipinski definition) is 2. The fraction of sp³-hybridized carbons (Fsp3) is 0.125. The van der Waals surface area contributed by atoms with Gasteiger partial charge in [0.15, 0.2) is 5.84 Å². The molecule has 0 saturated carbocycles. The van der Waals surface area contributed by atoms with Crippen molar-refractivity contribution < 1.29 is 23.3 Å². The summed E-state index contributed by atoms with van der Waals surface area (Å²) in [5.74, 6) is -0.564. The molecule has 0 bridgehead atoms. The second-order valence-electron chi connectivity index (χ2n) is 2.97. The highest BCUT2D eigenvalue weighted by Crippen LogP contribution is 2.36. The number of nitrogens with two attached hydrogens (primary N) is 1. The molecule has 1 aromatic rings. The minimum absolute atomic E-state index is 0.259. The first kappa shape index (κ1) is 12.7. The van der Waals surface area contributed by atoms with Crippen molar-refractivity contribution in [2.45, 2.75) is 6.18 Å². The van der Waals surface area contributed by atoms with E-state index in [-0.39, 0.29) is 5.56 Å². The molecule has 0 amide bonds. The van der Waals surface area contributed by atoms with Crippen LogP contribution in [-0.2, 0) is 6.18 Å². The maximum Gasteiger partial charge on any atom is 0.423 e. The summed E-state index contributed by atoms with van der Waals surface area (Å²) in [5, 5.41) is 21.2. The Balaban J connectivity index is 3.45. The van der Waals surface area contributed by atoms with Gasteiger partial charge in [0, 0.05) is 11.6 Å². The van der Waals surface area contributed by atoms with Crippen molar-refractivity contribution in [1.29, 1.82) is 0 Å². The van der Waals surface area contributed by atoms with Gasteiger partial charge in [0.25, 0.3) is 5.69 Å². The van der Waals surface area contributed by atoms with E-state index in [2.05, 4.69) is 5.16 Å². The Hall–Kier alpha value is -2.32. The predicted octanol–water partition coefficient (Wildman–Crippen LogP) is 1.71. The monoisotopic (exact) mass is 249 g/mol. The standard InChI is InChI=1S/C8H6F3N3O3/c9-8(10,11)5-3-4(7(12)13-15)1-2-6(5)14(16)17/h1-3,15H,(H2,12,13). The number of hydrogen-bond acceptors (Lipinski definition) is 4. The van der Waals surface area contributed by atoms with Crippen LogP contribution in [0.1, 0.15) is 11.1 Å². The molecule has 9 heteroatoms. The lowest BCUT2D eigenvalue weighted by molar-refractivity contribution is -0.388. The fourth-order valence-electron chi connectivity index (χ4n) is 1.14. The van der Waals surface area contributed by atoms with Crippen LogP contribution in [0, 0.1) is 10.1 Å². The molecule has 0 saturated heterocycles. The van der Waals surface area contributed by atoms with Crippen molar-refractivity contribution in [2.24, 2.45) is 10.9 Å². The van der Waals surface area contributed by atoms with Crippen LogP contribution in [-0.4, -0.2) is 16.0 Å². The summed E-state index contributed by atoms with van der Waals surface area (Å²) in [5.41, 5.74) is 2.29. The molecule has 1 aromatic carbocycles. The molecule has 3 N–H and O–H groups in total. The first-order valence-electron chi connectivity index (χ1n) is 4.11. The first-order chi connectivity index (χ1) is 7.77. The molecule has 0 aliphatic heterocycles. The summed E-state index contributed by atoms with van der Waals surface area (Å²) in [7, 11) is 0. The summed E-state index contributed by atoms with van der Waals surface area (Å²) in [4.78, 5) is 9.26. The number of oxime groups is 1. The smallest absolute Gasteiger partial charge is 0.409 e. The highest BCUT2D eigenvalue weighted by atomic mass is 19.4. The van der Waals surface area contributed by atoms with Crippen LogP contribution in [0.4, 0.5) is 18.9 Å². The Morgan fingerprint density at radius 3 is 2.47 bits per heavy atom. The molecule has 6 nitrogen and oxygen atoms in total. The number of amidine groups is 1. The summed E-state index contributed by atoms with van der Waals surface area (Å²) >= 11 is 0. The van der Waals surface area contributed by atoms with E-state index in [9.17, 15) is 23.3 Å². The normalized spacial score (nSPS) is 12.5. The topological polar surface area (TPSA) is 102 Å². The fourth-order valence-corrected chi connectivity index (χ4v) is 1.14. The molecule has 0 aliphatic rings. The lowest BCUT2D eigenvalue weighted by Gasteiger charge is -2.08. The van der Waals surface area contributed by atoms with Crippen LogP contribution < -0.4 is 5.73 Å². The molecule has 17 heavy (non-hydrogen) atoms. The molecule has 1 rings (SSSR count). The quantitative estimate of drug-likeness (QED) is 0.274. The average Bonchev–Trinajstić information content (AvgIpc) is 2.25. The SMILES string of the molecule is NC(=NO)c1ccc([N+](=O)[O-])c(C(F)(F)F)c1. The first-order valence-corrected chi connectivity index (χ1v) is 4.11. The molecule has 0 unspecified atom stereocenters. The third-order valence-corrected chi connectivity index (χ3v) is 1.90. The van der Waals surface area contributed by atoms with Crippen molar-refractivity contribution in [3.05, 3.63) is 39.4 Å². The Kier molecular flexibility index (Phi) is 3.21. The zero-order valence-corrected chi connectivity index (χ0v) is 8.10. The zero-order valence-electron chi connectivity index (χ0n) is 8.10. The van der Waals surface area contributed by atoms with Gasteiger partial charge in [-0.25, -0.2) is 0 Å². The van der Waals surface area contributed by atoms with Crippen LogP contribution in [0.3, 0.4) is 0 Å². The summed E-state index contributed by atoms with van der Waals surface area (Å²) in [6.45, 7) is 0. The lowest BCUT2D eigenvalue weighted by atomic mass is 10.1. The van der Waals surface area contributed by atoms with Crippen molar-refractivity contribution in [3.63, 3.8) is 0 Å². The Morgan fingerprint density at radius 2 is 2.06 bits per heavy atom. The Bertz CT molecular complexity index is 485. The van der Waals surface area contributed by atoms with E-state index in [1.165, 1.54) is 0 Å². The van der Waals surface area contributed by atoms with E-state index in [1.54, 1.807) is 0 Å². The minimum atomic E-state index is -4.89. The highest BCUT2D eigenvalue weighted by Gasteiger charge is 2.38. The molecule has 92 valence electrons. The molecular weight excluding hydrogens is 243 g/mol. The van der Waals surface area contributed by atoms with Gasteiger partial charge < -0.3 is 10.9 Å². The van der Waals surface area contributed by atoms with Gasteiger partial charge in [-0.15, -0.1) is 0 Å². The number of rotatable bonds is 2. The average molecular weight is 249 g/mol. The molecule has 0 fully saturated rings. The zero-order chi connectivity index (χ0) is 13.2. The number of alkyl halides is 3. The second kappa shape index (κ2) is 4.28. The second-order valence-corrected chi connectivity index (χ2v) is 2.97. The van der Waals surface area contributed by atoms with Gasteiger partial charge in [-0.1, -0.05) is 5.16 Å². The summed E-state index contributed by atoms with van der Waals surface area (Å²) in [6, 6.07) is 2.06. The molecule has 0 atom stereocenters. The third-order valence-electron chi connectivity index (χ3n) is 1.90. The van der Waals surface area contributed by atoms with E-state index < -0.39 is 28.2 Å². The van der Waals surface area contributed by atoms with Crippen LogP contribution in [0.25, 0.3) is 0 Å². The predicted molar refractivity (Wildman–Crippen MR) is 50.6 cm³/mol. The highest BCUT2D eigenvalue weighted by molar-refractivity contribution is 5.97. The van der Waals surface area contributed by atoms with E-state index >= 15 is 0 Å². The van der Waals surface area contributed by atoms with Gasteiger partial charge in [0.1, 0.15) is 5.56 Å². The van der Waals surface area contributed by atoms with Gasteiger partial charge in [-0.2, -0.15) is 13.2 Å². The maximum absolute atomic E-state index is 12.5. The van der Waals surface area contributed by atoms with E-state index in [0.29, 0.717) is 12.1 Å². The maximum atomic E-state index is 12.5. The molecular formula is C8H6F3N3O3. The van der Waals surface area contributed by atoms with E-state index in [0.717, 1.165) is 6.07 Å². The Labute approximate surface area is 92.3 Å². The van der Waals surface area contributed by atoms with E-state index in [4.69, 9.17) is 10.9 Å². The van der Waals surface area contributed by atoms with Gasteiger partial charge in [-0.3, -0.25) is 10.1 Å². The van der Waals surface area contributed by atoms with Gasteiger partial charge >= 0.3 is 6.18 Å². The van der Waals surface area contributed by atoms with Crippen molar-refractivity contribution in [2.75, 3.05) is 0 Å². The molecule has 0 aromatic heterocycles. The van der Waals surface area contributed by atoms with Gasteiger partial charge in [0.2, 0.25) is 0 Å². The molecule has 0 radical (unpaired) electrons. The van der Waals surface area contributed by atoms with Crippen molar-refractivity contribution >= 4 is 11.5 Å². The third kappa shape index (κ3) is 2.62. The minimum Gasteiger partial charge on any atom is -0.409 e. The number of nitrogens with zero attached hydrogens (tertiary/aromatic N) is 2. The van der Waals surface area contributed by atoms with Crippen molar-refractivity contribution in [1.82, 2.24) is 0 Å². The number of halogens is 3. The number of nitro groups is 1. The van der Waals surface area contributed by atoms with Crippen molar-refractivity contribution in [3.8, 4) is 0 Å². The van der Waals surface area contributed by atoms with Crippen LogP contribution in [0.15, 0.2) is 23.4 Å². The number of nitro benzene ring substituents is 1. The molecule has 0 aliphatic carbocycles. The molecule has 0 spiro atoms. The largest absolute Gasteiger partial charge is 0.423 e. The molecule has 0 heterocycles.